The van der Waals surface area contributed by atoms with Crippen molar-refractivity contribution >= 4 is 17.1 Å². The van der Waals surface area contributed by atoms with Gasteiger partial charge in [-0.1, -0.05) is 6.07 Å². The van der Waals surface area contributed by atoms with Gasteiger partial charge >= 0.3 is 0 Å². The van der Waals surface area contributed by atoms with Gasteiger partial charge in [-0.15, -0.1) is 11.3 Å². The van der Waals surface area contributed by atoms with E-state index in [1.165, 1.54) is 17.0 Å². The first-order chi connectivity index (χ1) is 9.65. The summed E-state index contributed by atoms with van der Waals surface area (Å²) in [4.78, 5) is 19.2. The van der Waals surface area contributed by atoms with E-state index in [4.69, 9.17) is 0 Å². The van der Waals surface area contributed by atoms with Crippen molar-refractivity contribution in [2.45, 2.75) is 12.8 Å². The normalized spacial score (nSPS) is 10.9. The Balaban J connectivity index is 1.73. The SMILES string of the molecule is CN(CCC(=O)c1ccc(F)cn1)CCc1cccs1. The highest BCUT2D eigenvalue weighted by molar-refractivity contribution is 7.09. The summed E-state index contributed by atoms with van der Waals surface area (Å²) in [5.41, 5.74) is 0.332. The van der Waals surface area contributed by atoms with Gasteiger partial charge in [-0.2, -0.15) is 0 Å². The summed E-state index contributed by atoms with van der Waals surface area (Å²) in [6.45, 7) is 1.61. The average Bonchev–Trinajstić information content (AvgIpc) is 2.96. The number of thiophene rings is 1. The Hall–Kier alpha value is -1.59. The molecule has 0 aromatic carbocycles. The number of hydrogen-bond acceptors (Lipinski definition) is 4. The van der Waals surface area contributed by atoms with Gasteiger partial charge in [0, 0.05) is 24.4 Å². The zero-order chi connectivity index (χ0) is 14.4. The summed E-state index contributed by atoms with van der Waals surface area (Å²) in [5.74, 6) is -0.470. The van der Waals surface area contributed by atoms with Crippen molar-refractivity contribution in [3.05, 3.63) is 52.2 Å². The summed E-state index contributed by atoms with van der Waals surface area (Å²) in [7, 11) is 2.00. The van der Waals surface area contributed by atoms with Gasteiger partial charge in [0.15, 0.2) is 5.78 Å². The molecule has 20 heavy (non-hydrogen) atoms. The number of aromatic nitrogens is 1. The molecule has 2 aromatic rings. The van der Waals surface area contributed by atoms with Gasteiger partial charge in [-0.05, 0) is 37.0 Å². The first kappa shape index (κ1) is 14.8. The predicted molar refractivity (Wildman–Crippen MR) is 78.7 cm³/mol. The standard InChI is InChI=1S/C15H17FN2OS/c1-18(8-6-13-3-2-10-20-13)9-7-15(19)14-5-4-12(16)11-17-14/h2-5,10-11H,6-9H2,1H3. The fraction of sp³-hybridized carbons (Fsp3) is 0.333. The van der Waals surface area contributed by atoms with Crippen LogP contribution in [0.3, 0.4) is 0 Å². The molecule has 2 rings (SSSR count). The Labute approximate surface area is 122 Å². The van der Waals surface area contributed by atoms with Crippen molar-refractivity contribution in [3.63, 3.8) is 0 Å². The maximum atomic E-state index is 12.7. The third-order valence-electron chi connectivity index (χ3n) is 3.05. The fourth-order valence-electron chi connectivity index (χ4n) is 1.83. The van der Waals surface area contributed by atoms with Crippen molar-refractivity contribution in [2.24, 2.45) is 0 Å². The Kier molecular flexibility index (Phi) is 5.38. The molecule has 2 aromatic heterocycles. The highest BCUT2D eigenvalue weighted by atomic mass is 32.1. The molecule has 0 aliphatic heterocycles. The number of pyridine rings is 1. The highest BCUT2D eigenvalue weighted by Gasteiger charge is 2.09. The van der Waals surface area contributed by atoms with E-state index in [1.807, 2.05) is 13.1 Å². The number of carbonyl (C=O) groups excluding carboxylic acids is 1. The summed E-state index contributed by atoms with van der Waals surface area (Å²) in [6.07, 6.45) is 2.48. The monoisotopic (exact) mass is 292 g/mol. The lowest BCUT2D eigenvalue weighted by Gasteiger charge is -2.15. The number of rotatable bonds is 7. The van der Waals surface area contributed by atoms with E-state index in [1.54, 1.807) is 11.3 Å². The molecule has 0 bridgehead atoms. The molecule has 0 amide bonds. The van der Waals surface area contributed by atoms with Crippen LogP contribution in [0, 0.1) is 5.82 Å². The van der Waals surface area contributed by atoms with Crippen LogP contribution in [0.25, 0.3) is 0 Å². The van der Waals surface area contributed by atoms with Crippen LogP contribution in [-0.4, -0.2) is 35.8 Å². The average molecular weight is 292 g/mol. The Morgan fingerprint density at radius 1 is 1.35 bits per heavy atom. The summed E-state index contributed by atoms with van der Waals surface area (Å²) in [5, 5.41) is 2.07. The lowest BCUT2D eigenvalue weighted by Crippen LogP contribution is -2.24. The molecule has 3 nitrogen and oxygen atoms in total. The van der Waals surface area contributed by atoms with E-state index in [0.717, 1.165) is 19.2 Å². The maximum Gasteiger partial charge on any atom is 0.182 e. The van der Waals surface area contributed by atoms with Crippen LogP contribution in [0.15, 0.2) is 35.8 Å². The van der Waals surface area contributed by atoms with Gasteiger partial charge < -0.3 is 4.90 Å². The molecule has 0 radical (unpaired) electrons. The van der Waals surface area contributed by atoms with Crippen LogP contribution in [0.4, 0.5) is 4.39 Å². The molecule has 0 spiro atoms. The molecule has 0 N–H and O–H groups in total. The molecular weight excluding hydrogens is 275 g/mol. The molecule has 5 heteroatoms. The number of hydrogen-bond donors (Lipinski definition) is 0. The van der Waals surface area contributed by atoms with E-state index in [2.05, 4.69) is 21.3 Å². The smallest absolute Gasteiger partial charge is 0.182 e. The van der Waals surface area contributed by atoms with Gasteiger partial charge in [-0.25, -0.2) is 4.39 Å². The van der Waals surface area contributed by atoms with E-state index in [-0.39, 0.29) is 5.78 Å². The summed E-state index contributed by atoms with van der Waals surface area (Å²) in [6, 6.07) is 6.86. The third kappa shape index (κ3) is 4.51. The second-order valence-electron chi connectivity index (χ2n) is 4.67. The van der Waals surface area contributed by atoms with Crippen LogP contribution < -0.4 is 0 Å². The van der Waals surface area contributed by atoms with Crippen LogP contribution in [-0.2, 0) is 6.42 Å². The van der Waals surface area contributed by atoms with E-state index >= 15 is 0 Å². The largest absolute Gasteiger partial charge is 0.306 e. The minimum Gasteiger partial charge on any atom is -0.306 e. The Morgan fingerprint density at radius 3 is 2.85 bits per heavy atom. The van der Waals surface area contributed by atoms with Crippen molar-refractivity contribution in [3.8, 4) is 0 Å². The number of nitrogens with zero attached hydrogens (tertiary/aromatic N) is 2. The molecule has 0 atom stereocenters. The number of carbonyl (C=O) groups is 1. The van der Waals surface area contributed by atoms with Crippen molar-refractivity contribution in [1.82, 2.24) is 9.88 Å². The molecule has 2 heterocycles. The van der Waals surface area contributed by atoms with Gasteiger partial charge in [-0.3, -0.25) is 9.78 Å². The first-order valence-electron chi connectivity index (χ1n) is 6.51. The highest BCUT2D eigenvalue weighted by Crippen LogP contribution is 2.09. The van der Waals surface area contributed by atoms with Crippen LogP contribution in [0.1, 0.15) is 21.8 Å². The lowest BCUT2D eigenvalue weighted by molar-refractivity contribution is 0.0964. The second-order valence-corrected chi connectivity index (χ2v) is 5.70. The van der Waals surface area contributed by atoms with Gasteiger partial charge in [0.2, 0.25) is 0 Å². The van der Waals surface area contributed by atoms with Gasteiger partial charge in [0.05, 0.1) is 6.20 Å². The topological polar surface area (TPSA) is 33.2 Å². The predicted octanol–water partition coefficient (Wildman–Crippen LogP) is 3.03. The minimum absolute atomic E-state index is 0.0482. The zero-order valence-corrected chi connectivity index (χ0v) is 12.2. The van der Waals surface area contributed by atoms with Crippen LogP contribution in [0.5, 0.6) is 0 Å². The van der Waals surface area contributed by atoms with Crippen molar-refractivity contribution < 1.29 is 9.18 Å². The quantitative estimate of drug-likeness (QED) is 0.735. The minimum atomic E-state index is -0.422. The number of ketones is 1. The van der Waals surface area contributed by atoms with Crippen molar-refractivity contribution in [1.29, 1.82) is 0 Å². The van der Waals surface area contributed by atoms with E-state index in [0.29, 0.717) is 18.7 Å². The molecule has 0 saturated heterocycles. The fourth-order valence-corrected chi connectivity index (χ4v) is 2.53. The summed E-state index contributed by atoms with van der Waals surface area (Å²) < 4.78 is 12.7. The summed E-state index contributed by atoms with van der Waals surface area (Å²) >= 11 is 1.75. The van der Waals surface area contributed by atoms with E-state index < -0.39 is 5.82 Å². The Morgan fingerprint density at radius 2 is 2.20 bits per heavy atom. The van der Waals surface area contributed by atoms with Gasteiger partial charge in [0.1, 0.15) is 11.5 Å². The first-order valence-corrected chi connectivity index (χ1v) is 7.39. The lowest BCUT2D eigenvalue weighted by atomic mass is 10.2. The Bertz CT molecular complexity index is 540. The molecule has 0 aliphatic rings. The van der Waals surface area contributed by atoms with E-state index in [9.17, 15) is 9.18 Å². The molecule has 0 aliphatic carbocycles. The second kappa shape index (κ2) is 7.26. The number of likely N-dealkylation sites (N-methyl/N-ethyl adjacent to an activating group) is 1. The third-order valence-corrected chi connectivity index (χ3v) is 3.99. The van der Waals surface area contributed by atoms with Crippen molar-refractivity contribution in [2.75, 3.05) is 20.1 Å². The zero-order valence-electron chi connectivity index (χ0n) is 11.4. The maximum absolute atomic E-state index is 12.7. The molecule has 106 valence electrons. The van der Waals surface area contributed by atoms with Crippen LogP contribution in [0.2, 0.25) is 0 Å². The van der Waals surface area contributed by atoms with Crippen LogP contribution >= 0.6 is 11.3 Å². The molecule has 0 unspecified atom stereocenters. The number of halogens is 1. The number of Topliss-reactive ketones (excluding diaryl/α,β-unsaturated/α-hetero) is 1. The van der Waals surface area contributed by atoms with Gasteiger partial charge in [0.25, 0.3) is 0 Å². The molecule has 0 saturated carbocycles. The molecular formula is C15H17FN2OS. The molecule has 0 fully saturated rings.